The second-order valence-electron chi connectivity index (χ2n) is 7.11. The smallest absolute Gasteiger partial charge is 0.291 e. The van der Waals surface area contributed by atoms with Crippen LogP contribution in [0.15, 0.2) is 0 Å². The van der Waals surface area contributed by atoms with Crippen molar-refractivity contribution in [3.63, 3.8) is 0 Å². The van der Waals surface area contributed by atoms with E-state index in [9.17, 15) is 4.79 Å². The van der Waals surface area contributed by atoms with E-state index >= 15 is 0 Å². The Morgan fingerprint density at radius 2 is 1.87 bits per heavy atom. The molecule has 0 saturated carbocycles. The zero-order valence-corrected chi connectivity index (χ0v) is 13.9. The minimum absolute atomic E-state index is 0.0681. The van der Waals surface area contributed by atoms with Crippen molar-refractivity contribution < 1.29 is 4.79 Å². The number of rotatable bonds is 1. The summed E-state index contributed by atoms with van der Waals surface area (Å²) in [6.45, 7) is 6.76. The molecule has 1 aromatic rings. The van der Waals surface area contributed by atoms with Gasteiger partial charge in [0.25, 0.3) is 5.91 Å². The lowest BCUT2D eigenvalue weighted by molar-refractivity contribution is 0.0181. The lowest BCUT2D eigenvalue weighted by atomic mass is 10.1. The van der Waals surface area contributed by atoms with Gasteiger partial charge in [-0.15, -0.1) is 10.2 Å². The SMILES string of the molecule is CN1CCN2CCN(C(=O)c3nnc4n3CCCCC4)CC2C1. The normalized spacial score (nSPS) is 26.5. The Hall–Kier alpha value is -1.47. The number of aromatic nitrogens is 3. The van der Waals surface area contributed by atoms with E-state index in [0.29, 0.717) is 11.9 Å². The Bertz CT molecular complexity index is 585. The molecule has 0 radical (unpaired) electrons. The van der Waals surface area contributed by atoms with Gasteiger partial charge in [0, 0.05) is 58.3 Å². The highest BCUT2D eigenvalue weighted by Gasteiger charge is 2.34. The third-order valence-corrected chi connectivity index (χ3v) is 5.48. The van der Waals surface area contributed by atoms with Gasteiger partial charge in [0.05, 0.1) is 0 Å². The Morgan fingerprint density at radius 1 is 1.00 bits per heavy atom. The number of fused-ring (bicyclic) bond motifs is 2. The summed E-state index contributed by atoms with van der Waals surface area (Å²) in [6, 6.07) is 0.456. The van der Waals surface area contributed by atoms with Gasteiger partial charge in [-0.25, -0.2) is 0 Å². The number of hydrogen-bond donors (Lipinski definition) is 0. The molecule has 126 valence electrons. The Morgan fingerprint density at radius 3 is 2.78 bits per heavy atom. The second kappa shape index (κ2) is 6.20. The molecule has 2 fully saturated rings. The van der Waals surface area contributed by atoms with E-state index in [2.05, 4.69) is 31.6 Å². The highest BCUT2D eigenvalue weighted by molar-refractivity contribution is 5.91. The molecular weight excluding hydrogens is 292 g/mol. The van der Waals surface area contributed by atoms with Gasteiger partial charge in [0.1, 0.15) is 5.82 Å². The molecule has 7 heteroatoms. The number of hydrogen-bond acceptors (Lipinski definition) is 5. The predicted molar refractivity (Wildman–Crippen MR) is 86.3 cm³/mol. The molecular formula is C16H26N6O. The number of likely N-dealkylation sites (N-methyl/N-ethyl adjacent to an activating group) is 1. The quantitative estimate of drug-likeness (QED) is 0.734. The van der Waals surface area contributed by atoms with Crippen molar-refractivity contribution in [1.29, 1.82) is 0 Å². The fourth-order valence-corrected chi connectivity index (χ4v) is 4.08. The molecule has 4 rings (SSSR count). The summed E-state index contributed by atoms with van der Waals surface area (Å²) in [7, 11) is 2.16. The third kappa shape index (κ3) is 2.87. The number of piperazine rings is 2. The number of carbonyl (C=O) groups excluding carboxylic acids is 1. The van der Waals surface area contributed by atoms with Crippen LogP contribution in [0, 0.1) is 0 Å². The highest BCUT2D eigenvalue weighted by Crippen LogP contribution is 2.19. The Kier molecular flexibility index (Phi) is 4.07. The summed E-state index contributed by atoms with van der Waals surface area (Å²) in [5.74, 6) is 1.61. The van der Waals surface area contributed by atoms with Gasteiger partial charge in [-0.3, -0.25) is 9.69 Å². The number of aryl methyl sites for hydroxylation is 1. The molecule has 1 aromatic heterocycles. The molecule has 4 heterocycles. The number of amides is 1. The minimum Gasteiger partial charge on any atom is -0.333 e. The van der Waals surface area contributed by atoms with Gasteiger partial charge in [-0.05, 0) is 19.9 Å². The van der Waals surface area contributed by atoms with E-state index in [1.54, 1.807) is 0 Å². The topological polar surface area (TPSA) is 57.5 Å². The summed E-state index contributed by atoms with van der Waals surface area (Å²) in [6.07, 6.45) is 4.43. The molecule has 3 aliphatic heterocycles. The van der Waals surface area contributed by atoms with Crippen molar-refractivity contribution in [2.45, 2.75) is 38.3 Å². The Balaban J connectivity index is 1.50. The van der Waals surface area contributed by atoms with Crippen LogP contribution in [0.2, 0.25) is 0 Å². The van der Waals surface area contributed by atoms with Gasteiger partial charge >= 0.3 is 0 Å². The van der Waals surface area contributed by atoms with Crippen LogP contribution in [0.3, 0.4) is 0 Å². The summed E-state index contributed by atoms with van der Waals surface area (Å²) in [5, 5.41) is 8.50. The van der Waals surface area contributed by atoms with Gasteiger partial charge in [-0.1, -0.05) is 6.42 Å². The summed E-state index contributed by atoms with van der Waals surface area (Å²) in [4.78, 5) is 19.8. The molecule has 0 N–H and O–H groups in total. The van der Waals surface area contributed by atoms with Crippen molar-refractivity contribution in [3.8, 4) is 0 Å². The molecule has 0 spiro atoms. The van der Waals surface area contributed by atoms with Gasteiger partial charge in [-0.2, -0.15) is 0 Å². The van der Waals surface area contributed by atoms with Gasteiger partial charge < -0.3 is 14.4 Å². The predicted octanol–water partition coefficient (Wildman–Crippen LogP) is 0.0763. The lowest BCUT2D eigenvalue weighted by Crippen LogP contribution is -2.62. The summed E-state index contributed by atoms with van der Waals surface area (Å²) >= 11 is 0. The van der Waals surface area contributed by atoms with E-state index in [1.165, 1.54) is 6.42 Å². The molecule has 1 unspecified atom stereocenters. The first-order valence-corrected chi connectivity index (χ1v) is 8.86. The molecule has 0 aromatic carbocycles. The zero-order valence-electron chi connectivity index (χ0n) is 13.9. The minimum atomic E-state index is 0.0681. The maximum atomic E-state index is 13.0. The first-order chi connectivity index (χ1) is 11.2. The maximum Gasteiger partial charge on any atom is 0.291 e. The fourth-order valence-electron chi connectivity index (χ4n) is 4.08. The largest absolute Gasteiger partial charge is 0.333 e. The average molecular weight is 318 g/mol. The second-order valence-corrected chi connectivity index (χ2v) is 7.11. The van der Waals surface area contributed by atoms with Crippen molar-refractivity contribution in [1.82, 2.24) is 29.5 Å². The number of carbonyl (C=O) groups is 1. The first kappa shape index (κ1) is 15.1. The molecule has 2 saturated heterocycles. The van der Waals surface area contributed by atoms with Crippen molar-refractivity contribution in [2.24, 2.45) is 0 Å². The van der Waals surface area contributed by atoms with E-state index in [0.717, 1.165) is 70.9 Å². The molecule has 3 aliphatic rings. The van der Waals surface area contributed by atoms with Crippen LogP contribution in [-0.2, 0) is 13.0 Å². The Labute approximate surface area is 137 Å². The van der Waals surface area contributed by atoms with Crippen molar-refractivity contribution >= 4 is 5.91 Å². The fraction of sp³-hybridized carbons (Fsp3) is 0.812. The molecule has 1 amide bonds. The lowest BCUT2D eigenvalue weighted by Gasteiger charge is -2.46. The maximum absolute atomic E-state index is 13.0. The van der Waals surface area contributed by atoms with Crippen LogP contribution in [0.5, 0.6) is 0 Å². The van der Waals surface area contributed by atoms with Crippen LogP contribution < -0.4 is 0 Å². The van der Waals surface area contributed by atoms with E-state index < -0.39 is 0 Å². The third-order valence-electron chi connectivity index (χ3n) is 5.48. The van der Waals surface area contributed by atoms with E-state index in [4.69, 9.17) is 0 Å². The molecule has 0 aliphatic carbocycles. The summed E-state index contributed by atoms with van der Waals surface area (Å²) in [5.41, 5.74) is 0. The van der Waals surface area contributed by atoms with Crippen LogP contribution in [0.4, 0.5) is 0 Å². The molecule has 0 bridgehead atoms. The van der Waals surface area contributed by atoms with Crippen LogP contribution in [0.25, 0.3) is 0 Å². The van der Waals surface area contributed by atoms with E-state index in [1.807, 2.05) is 4.90 Å². The van der Waals surface area contributed by atoms with Crippen LogP contribution in [-0.4, -0.2) is 87.7 Å². The molecule has 1 atom stereocenters. The average Bonchev–Trinajstić information content (AvgIpc) is 2.82. The van der Waals surface area contributed by atoms with Crippen LogP contribution >= 0.6 is 0 Å². The molecule has 7 nitrogen and oxygen atoms in total. The van der Waals surface area contributed by atoms with E-state index in [-0.39, 0.29) is 5.91 Å². The summed E-state index contributed by atoms with van der Waals surface area (Å²) < 4.78 is 2.06. The zero-order chi connectivity index (χ0) is 15.8. The van der Waals surface area contributed by atoms with Crippen LogP contribution in [0.1, 0.15) is 35.7 Å². The van der Waals surface area contributed by atoms with Gasteiger partial charge in [0.2, 0.25) is 5.82 Å². The molecule has 23 heavy (non-hydrogen) atoms. The first-order valence-electron chi connectivity index (χ1n) is 8.86. The van der Waals surface area contributed by atoms with Crippen molar-refractivity contribution in [3.05, 3.63) is 11.6 Å². The standard InChI is InChI=1S/C16H26N6O/c1-19-7-8-20-9-10-21(12-13(20)11-19)16(23)15-18-17-14-5-3-2-4-6-22(14)15/h13H,2-12H2,1H3. The highest BCUT2D eigenvalue weighted by atomic mass is 16.2. The van der Waals surface area contributed by atoms with Crippen molar-refractivity contribution in [2.75, 3.05) is 46.3 Å². The number of nitrogens with zero attached hydrogens (tertiary/aromatic N) is 6. The monoisotopic (exact) mass is 318 g/mol. The van der Waals surface area contributed by atoms with Gasteiger partial charge in [0.15, 0.2) is 0 Å².